The van der Waals surface area contributed by atoms with Crippen LogP contribution in [0, 0.1) is 5.92 Å². The summed E-state index contributed by atoms with van der Waals surface area (Å²) in [5.41, 5.74) is 0. The van der Waals surface area contributed by atoms with Gasteiger partial charge in [0.1, 0.15) is 4.21 Å². The fourth-order valence-corrected chi connectivity index (χ4v) is 6.12. The Morgan fingerprint density at radius 3 is 2.74 bits per heavy atom. The fourth-order valence-electron chi connectivity index (χ4n) is 3.28. The molecule has 2 heterocycles. The van der Waals surface area contributed by atoms with Crippen molar-refractivity contribution in [3.8, 4) is 0 Å². The third-order valence-corrected chi connectivity index (χ3v) is 8.21. The summed E-state index contributed by atoms with van der Waals surface area (Å²) >= 11 is 1.27. The molecule has 0 bridgehead atoms. The third-order valence-electron chi connectivity index (χ3n) is 4.88. The van der Waals surface area contributed by atoms with E-state index in [0.717, 1.165) is 38.5 Å². The first kappa shape index (κ1) is 16.9. The molecule has 2 aliphatic rings. The molecule has 3 rings (SSSR count). The van der Waals surface area contributed by atoms with Crippen molar-refractivity contribution in [2.75, 3.05) is 13.1 Å². The molecule has 1 N–H and O–H groups in total. The maximum Gasteiger partial charge on any atom is 0.252 e. The van der Waals surface area contributed by atoms with Crippen LogP contribution in [0.4, 0.5) is 0 Å². The summed E-state index contributed by atoms with van der Waals surface area (Å²) in [5.74, 6) is 0.326. The summed E-state index contributed by atoms with van der Waals surface area (Å²) in [5, 5.41) is 4.78. The number of nitrogens with zero attached hydrogens (tertiary/aromatic N) is 1. The average molecular weight is 357 g/mol. The fraction of sp³-hybridized carbons (Fsp3) is 0.688. The molecule has 5 nitrogen and oxygen atoms in total. The van der Waals surface area contributed by atoms with E-state index in [1.807, 2.05) is 0 Å². The number of carbonyl (C=O) groups is 1. The largest absolute Gasteiger partial charge is 0.356 e. The van der Waals surface area contributed by atoms with Gasteiger partial charge < -0.3 is 5.32 Å². The van der Waals surface area contributed by atoms with Crippen LogP contribution in [0.3, 0.4) is 0 Å². The molecule has 1 saturated carbocycles. The molecule has 0 radical (unpaired) electrons. The molecule has 23 heavy (non-hydrogen) atoms. The van der Waals surface area contributed by atoms with Crippen molar-refractivity contribution < 1.29 is 13.2 Å². The minimum absolute atomic E-state index is 0.00228. The van der Waals surface area contributed by atoms with Gasteiger partial charge in [0.05, 0.1) is 0 Å². The van der Waals surface area contributed by atoms with E-state index >= 15 is 0 Å². The number of piperidine rings is 1. The molecule has 1 unspecified atom stereocenters. The Hall–Kier alpha value is -0.920. The van der Waals surface area contributed by atoms with Crippen LogP contribution < -0.4 is 5.32 Å². The van der Waals surface area contributed by atoms with Crippen molar-refractivity contribution in [3.63, 3.8) is 0 Å². The van der Waals surface area contributed by atoms with E-state index in [-0.39, 0.29) is 17.9 Å². The van der Waals surface area contributed by atoms with Gasteiger partial charge >= 0.3 is 0 Å². The highest BCUT2D eigenvalue weighted by Gasteiger charge is 2.34. The lowest BCUT2D eigenvalue weighted by molar-refractivity contribution is -0.127. The molecule has 0 spiro atoms. The van der Waals surface area contributed by atoms with Gasteiger partial charge in [0.25, 0.3) is 10.0 Å². The van der Waals surface area contributed by atoms with Gasteiger partial charge in [0.15, 0.2) is 0 Å². The Morgan fingerprint density at radius 2 is 2.09 bits per heavy atom. The SMILES string of the molecule is O=C(NCCC1CCCCN1S(=O)(=O)c1cccs1)C1CCC1. The number of carbonyl (C=O) groups excluding carboxylic acids is 1. The van der Waals surface area contributed by atoms with Crippen LogP contribution in [0.5, 0.6) is 0 Å². The van der Waals surface area contributed by atoms with Crippen molar-refractivity contribution in [1.82, 2.24) is 9.62 Å². The number of amides is 1. The molecule has 1 aliphatic heterocycles. The molecule has 128 valence electrons. The minimum Gasteiger partial charge on any atom is -0.356 e. The molecule has 2 fully saturated rings. The van der Waals surface area contributed by atoms with E-state index in [4.69, 9.17) is 0 Å². The van der Waals surface area contributed by atoms with Crippen LogP contribution >= 0.6 is 11.3 Å². The van der Waals surface area contributed by atoms with Gasteiger partial charge in [0.2, 0.25) is 5.91 Å². The van der Waals surface area contributed by atoms with Gasteiger partial charge in [-0.1, -0.05) is 18.9 Å². The number of hydrogen-bond donors (Lipinski definition) is 1. The van der Waals surface area contributed by atoms with Gasteiger partial charge in [-0.2, -0.15) is 4.31 Å². The van der Waals surface area contributed by atoms with Crippen LogP contribution in [0.25, 0.3) is 0 Å². The highest BCUT2D eigenvalue weighted by Crippen LogP contribution is 2.29. The molecule has 1 atom stereocenters. The zero-order chi connectivity index (χ0) is 16.3. The minimum atomic E-state index is -3.39. The van der Waals surface area contributed by atoms with Crippen LogP contribution in [0.2, 0.25) is 0 Å². The molecule has 1 aromatic heterocycles. The predicted octanol–water partition coefficient (Wildman–Crippen LogP) is 2.60. The quantitative estimate of drug-likeness (QED) is 0.852. The van der Waals surface area contributed by atoms with E-state index in [1.54, 1.807) is 21.8 Å². The molecule has 1 amide bonds. The van der Waals surface area contributed by atoms with E-state index < -0.39 is 10.0 Å². The topological polar surface area (TPSA) is 66.5 Å². The van der Waals surface area contributed by atoms with Crippen molar-refractivity contribution in [2.24, 2.45) is 5.92 Å². The van der Waals surface area contributed by atoms with E-state index in [1.165, 1.54) is 11.3 Å². The second-order valence-corrected chi connectivity index (χ2v) is 9.47. The van der Waals surface area contributed by atoms with Gasteiger partial charge in [0, 0.05) is 25.0 Å². The standard InChI is InChI=1S/C16H24N2O3S2/c19-16(13-5-3-6-13)17-10-9-14-7-1-2-11-18(14)23(20,21)15-8-4-12-22-15/h4,8,12-14H,1-3,5-7,9-11H2,(H,17,19). The molecular formula is C16H24N2O3S2. The Kier molecular flexibility index (Phi) is 5.38. The Morgan fingerprint density at radius 1 is 1.26 bits per heavy atom. The number of thiophene rings is 1. The molecular weight excluding hydrogens is 332 g/mol. The number of rotatable bonds is 6. The first-order chi connectivity index (χ1) is 11.1. The lowest BCUT2D eigenvalue weighted by atomic mass is 9.85. The van der Waals surface area contributed by atoms with Crippen LogP contribution in [-0.2, 0) is 14.8 Å². The van der Waals surface area contributed by atoms with Crippen LogP contribution in [-0.4, -0.2) is 37.8 Å². The second-order valence-electron chi connectivity index (χ2n) is 6.40. The highest BCUT2D eigenvalue weighted by atomic mass is 32.2. The summed E-state index contributed by atoms with van der Waals surface area (Å²) in [6, 6.07) is 3.44. The molecule has 1 aliphatic carbocycles. The Balaban J connectivity index is 1.59. The highest BCUT2D eigenvalue weighted by molar-refractivity contribution is 7.91. The molecule has 7 heteroatoms. The smallest absolute Gasteiger partial charge is 0.252 e. The summed E-state index contributed by atoms with van der Waals surface area (Å²) < 4.78 is 27.6. The summed E-state index contributed by atoms with van der Waals surface area (Å²) in [7, 11) is -3.39. The zero-order valence-electron chi connectivity index (χ0n) is 13.2. The summed E-state index contributed by atoms with van der Waals surface area (Å²) in [4.78, 5) is 11.9. The first-order valence-electron chi connectivity index (χ1n) is 8.42. The van der Waals surface area contributed by atoms with Crippen molar-refractivity contribution in [1.29, 1.82) is 0 Å². The number of nitrogens with one attached hydrogen (secondary N) is 1. The molecule has 1 aromatic rings. The van der Waals surface area contributed by atoms with Gasteiger partial charge in [-0.05, 0) is 43.6 Å². The molecule has 0 aromatic carbocycles. The van der Waals surface area contributed by atoms with Gasteiger partial charge in [-0.15, -0.1) is 11.3 Å². The summed E-state index contributed by atoms with van der Waals surface area (Å²) in [6.45, 7) is 1.15. The van der Waals surface area contributed by atoms with Crippen molar-refractivity contribution in [3.05, 3.63) is 17.5 Å². The van der Waals surface area contributed by atoms with E-state index in [2.05, 4.69) is 5.32 Å². The maximum atomic E-state index is 12.8. The lowest BCUT2D eigenvalue weighted by Gasteiger charge is -2.34. The second kappa shape index (κ2) is 7.32. The number of hydrogen-bond acceptors (Lipinski definition) is 4. The van der Waals surface area contributed by atoms with Crippen LogP contribution in [0.15, 0.2) is 21.7 Å². The summed E-state index contributed by atoms with van der Waals surface area (Å²) in [6.07, 6.45) is 6.68. The van der Waals surface area contributed by atoms with Crippen LogP contribution in [0.1, 0.15) is 44.9 Å². The monoisotopic (exact) mass is 356 g/mol. The van der Waals surface area contributed by atoms with Gasteiger partial charge in [-0.25, -0.2) is 8.42 Å². The maximum absolute atomic E-state index is 12.8. The van der Waals surface area contributed by atoms with Gasteiger partial charge in [-0.3, -0.25) is 4.79 Å². The van der Waals surface area contributed by atoms with E-state index in [9.17, 15) is 13.2 Å². The first-order valence-corrected chi connectivity index (χ1v) is 10.7. The molecule has 1 saturated heterocycles. The zero-order valence-corrected chi connectivity index (χ0v) is 14.9. The number of sulfonamides is 1. The predicted molar refractivity (Wildman–Crippen MR) is 90.8 cm³/mol. The lowest BCUT2D eigenvalue weighted by Crippen LogP contribution is -2.45. The van der Waals surface area contributed by atoms with Crippen molar-refractivity contribution in [2.45, 2.75) is 55.2 Å². The Labute approximate surface area is 142 Å². The third kappa shape index (κ3) is 3.78. The Bertz CT molecular complexity index is 624. The van der Waals surface area contributed by atoms with E-state index in [0.29, 0.717) is 23.7 Å². The normalized spacial score (nSPS) is 23.4. The average Bonchev–Trinajstić information content (AvgIpc) is 3.01. The van der Waals surface area contributed by atoms with Crippen molar-refractivity contribution >= 4 is 27.3 Å².